The summed E-state index contributed by atoms with van der Waals surface area (Å²) in [6.45, 7) is 5.16. The van der Waals surface area contributed by atoms with Crippen molar-refractivity contribution in [2.45, 2.75) is 37.0 Å². The predicted molar refractivity (Wildman–Crippen MR) is 140 cm³/mol. The van der Waals surface area contributed by atoms with Gasteiger partial charge in [0.25, 0.3) is 11.5 Å². The molecule has 12 nitrogen and oxygen atoms in total. The monoisotopic (exact) mass is 648 g/mol. The number of aromatic nitrogens is 2. The first-order valence-electron chi connectivity index (χ1n) is 11.5. The van der Waals surface area contributed by atoms with Gasteiger partial charge < -0.3 is 9.11 Å². The van der Waals surface area contributed by atoms with Crippen molar-refractivity contribution in [3.63, 3.8) is 0 Å². The number of carbonyl (C=O) groups is 1. The Kier molecular flexibility index (Phi) is 12.7. The second-order valence-electron chi connectivity index (χ2n) is 8.58. The molecule has 0 atom stereocenters. The van der Waals surface area contributed by atoms with Gasteiger partial charge in [0, 0.05) is 5.69 Å². The smallest absolute Gasteiger partial charge is 0.744 e. The zero-order chi connectivity index (χ0) is 28.7. The average molecular weight is 649 g/mol. The molecule has 0 saturated heterocycles. The number of aryl methyl sites for hydroxylation is 1. The number of nitrogens with one attached hydrogen (secondary N) is 1. The molecule has 2 aromatic carbocycles. The maximum atomic E-state index is 13.3. The quantitative estimate of drug-likeness (QED) is 0.155. The minimum Gasteiger partial charge on any atom is -0.744 e. The van der Waals surface area contributed by atoms with Gasteiger partial charge in [0.15, 0.2) is 0 Å². The van der Waals surface area contributed by atoms with Crippen molar-refractivity contribution in [3.8, 4) is 5.69 Å². The second-order valence-corrected chi connectivity index (χ2v) is 11.3. The molecular formula is C25H22K2N4O8S2. The van der Waals surface area contributed by atoms with Crippen molar-refractivity contribution < 1.29 is 134 Å². The Bertz CT molecular complexity index is 1840. The number of allylic oxidation sites excluding steroid dienone is 3. The van der Waals surface area contributed by atoms with Crippen LogP contribution in [-0.4, -0.2) is 47.3 Å². The van der Waals surface area contributed by atoms with E-state index in [1.54, 1.807) is 26.0 Å². The van der Waals surface area contributed by atoms with Crippen molar-refractivity contribution in [3.05, 3.63) is 87.9 Å². The van der Waals surface area contributed by atoms with E-state index in [2.05, 4.69) is 10.2 Å². The fourth-order valence-electron chi connectivity index (χ4n) is 4.07. The van der Waals surface area contributed by atoms with Crippen LogP contribution >= 0.6 is 0 Å². The van der Waals surface area contributed by atoms with Gasteiger partial charge in [-0.05, 0) is 80.4 Å². The first kappa shape index (κ1) is 36.4. The standard InChI is InChI=1S/C25H24N4O8S2.2K/c1-4-17(23-16(3)27-29(25(23)31)19-8-12-21(13-9-19)39(35,36)37)5-14-22-15(2)26-28(24(22)30)18-6-10-20(11-7-18)38(32,33)34;;/h5-14,27H,4H2,1-3H3,(H,32,33,34)(H,35,36,37);;/q;2*+1/p-2. The number of amides is 1. The number of hydrogen-bond acceptors (Lipinski definition) is 9. The molecule has 0 saturated carbocycles. The number of H-pyrrole nitrogens is 1. The number of aromatic amines is 1. The molecule has 1 amide bonds. The Morgan fingerprint density at radius 2 is 1.37 bits per heavy atom. The summed E-state index contributed by atoms with van der Waals surface area (Å²) in [5.74, 6) is -0.478. The Hall–Kier alpha value is -0.837. The third kappa shape index (κ3) is 8.01. The SMILES string of the molecule is CCC(=CC=C1C(=O)N(c2ccc(S(=O)(=O)[O-])cc2)N=C1C)c1c(C)[nH]n(-c2ccc(S(=O)(=O)[O-])cc2)c1=O.[K+].[K+]. The molecule has 2 heterocycles. The fraction of sp³-hybridized carbons (Fsp3) is 0.160. The number of carbonyl (C=O) groups excluding carboxylic acids is 1. The molecule has 0 unspecified atom stereocenters. The molecule has 0 aliphatic carbocycles. The van der Waals surface area contributed by atoms with Crippen molar-refractivity contribution in [2.24, 2.45) is 5.10 Å². The Morgan fingerprint density at radius 3 is 1.83 bits per heavy atom. The molecule has 1 N–H and O–H groups in total. The molecule has 41 heavy (non-hydrogen) atoms. The van der Waals surface area contributed by atoms with E-state index >= 15 is 0 Å². The Balaban J connectivity index is 0.00000294. The maximum Gasteiger partial charge on any atom is 1.00 e. The summed E-state index contributed by atoms with van der Waals surface area (Å²) in [5, 5.41) is 8.26. The molecule has 0 spiro atoms. The van der Waals surface area contributed by atoms with Gasteiger partial charge in [0.1, 0.15) is 20.2 Å². The van der Waals surface area contributed by atoms with Crippen LogP contribution in [0.2, 0.25) is 0 Å². The number of nitrogens with zero attached hydrogens (tertiary/aromatic N) is 3. The molecule has 4 rings (SSSR count). The number of hydrazone groups is 1. The van der Waals surface area contributed by atoms with Crippen molar-refractivity contribution in [1.29, 1.82) is 0 Å². The van der Waals surface area contributed by atoms with Gasteiger partial charge in [0.2, 0.25) is 0 Å². The molecule has 0 radical (unpaired) electrons. The van der Waals surface area contributed by atoms with E-state index in [1.807, 2.05) is 6.92 Å². The van der Waals surface area contributed by atoms with Crippen LogP contribution in [0.3, 0.4) is 0 Å². The van der Waals surface area contributed by atoms with Crippen LogP contribution in [0, 0.1) is 6.92 Å². The van der Waals surface area contributed by atoms with E-state index in [9.17, 15) is 35.5 Å². The van der Waals surface area contributed by atoms with E-state index in [0.717, 1.165) is 29.3 Å². The van der Waals surface area contributed by atoms with Crippen LogP contribution < -0.4 is 113 Å². The summed E-state index contributed by atoms with van der Waals surface area (Å²) in [4.78, 5) is 25.5. The molecule has 3 aromatic rings. The third-order valence-electron chi connectivity index (χ3n) is 6.04. The van der Waals surface area contributed by atoms with Crippen LogP contribution in [0.5, 0.6) is 0 Å². The molecule has 0 bridgehead atoms. The van der Waals surface area contributed by atoms with Crippen LogP contribution in [0.1, 0.15) is 31.5 Å². The Labute approximate surface area is 321 Å². The molecular weight excluding hydrogens is 627 g/mol. The summed E-state index contributed by atoms with van der Waals surface area (Å²) in [6, 6.07) is 9.72. The molecule has 1 aliphatic rings. The number of anilines is 1. The first-order valence-corrected chi connectivity index (χ1v) is 14.3. The van der Waals surface area contributed by atoms with E-state index in [0.29, 0.717) is 34.7 Å². The molecule has 1 aliphatic heterocycles. The van der Waals surface area contributed by atoms with Crippen LogP contribution in [0.4, 0.5) is 5.69 Å². The van der Waals surface area contributed by atoms with Crippen LogP contribution in [-0.2, 0) is 25.0 Å². The van der Waals surface area contributed by atoms with Crippen molar-refractivity contribution >= 4 is 43.1 Å². The van der Waals surface area contributed by atoms with Crippen molar-refractivity contribution in [2.75, 3.05) is 5.01 Å². The average Bonchev–Trinajstić information content (AvgIpc) is 3.33. The number of rotatable bonds is 7. The molecule has 204 valence electrons. The number of hydrogen-bond donors (Lipinski definition) is 1. The van der Waals surface area contributed by atoms with Gasteiger partial charge in [-0.25, -0.2) is 21.5 Å². The summed E-state index contributed by atoms with van der Waals surface area (Å²) < 4.78 is 68.3. The molecule has 16 heteroatoms. The van der Waals surface area contributed by atoms with E-state index in [-0.39, 0.29) is 114 Å². The van der Waals surface area contributed by atoms with Crippen LogP contribution in [0.15, 0.2) is 85.9 Å². The van der Waals surface area contributed by atoms with Gasteiger partial charge in [0.05, 0.1) is 38.0 Å². The third-order valence-corrected chi connectivity index (χ3v) is 7.74. The summed E-state index contributed by atoms with van der Waals surface area (Å²) in [7, 11) is -9.26. The van der Waals surface area contributed by atoms with E-state index in [1.165, 1.54) is 28.9 Å². The van der Waals surface area contributed by atoms with Gasteiger partial charge in [-0.3, -0.25) is 14.7 Å². The minimum absolute atomic E-state index is 0. The normalized spacial score (nSPS) is 15.0. The topological polar surface area (TPSA) is 185 Å². The zero-order valence-electron chi connectivity index (χ0n) is 22.9. The fourth-order valence-corrected chi connectivity index (χ4v) is 5.01. The minimum atomic E-state index is -4.63. The van der Waals surface area contributed by atoms with Crippen molar-refractivity contribution in [1.82, 2.24) is 9.78 Å². The largest absolute Gasteiger partial charge is 1.00 e. The predicted octanol–water partition coefficient (Wildman–Crippen LogP) is -3.57. The molecule has 1 aromatic heterocycles. The zero-order valence-corrected chi connectivity index (χ0v) is 30.8. The van der Waals surface area contributed by atoms with Gasteiger partial charge in [-0.1, -0.05) is 13.0 Å². The van der Waals surface area contributed by atoms with Gasteiger partial charge >= 0.3 is 103 Å². The van der Waals surface area contributed by atoms with Gasteiger partial charge in [-0.15, -0.1) is 0 Å². The second kappa shape index (κ2) is 14.3. The number of benzene rings is 2. The van der Waals surface area contributed by atoms with Gasteiger partial charge in [-0.2, -0.15) is 10.1 Å². The van der Waals surface area contributed by atoms with Crippen LogP contribution in [0.25, 0.3) is 11.3 Å². The Morgan fingerprint density at radius 1 is 0.878 bits per heavy atom. The summed E-state index contributed by atoms with van der Waals surface area (Å²) >= 11 is 0. The maximum absolute atomic E-state index is 13.3. The van der Waals surface area contributed by atoms with E-state index < -0.39 is 41.5 Å². The first-order chi connectivity index (χ1) is 18.2. The summed E-state index contributed by atoms with van der Waals surface area (Å²) in [6.07, 6.45) is 3.61. The van der Waals surface area contributed by atoms with E-state index in [4.69, 9.17) is 0 Å². The molecule has 0 fully saturated rings. The summed E-state index contributed by atoms with van der Waals surface area (Å²) in [5.41, 5.74) is 2.35.